The Balaban J connectivity index is 1.94. The van der Waals surface area contributed by atoms with Crippen LogP contribution in [0.5, 0.6) is 0 Å². The zero-order valence-corrected chi connectivity index (χ0v) is 13.9. The fraction of sp³-hybridized carbons (Fsp3) is 0.500. The van der Waals surface area contributed by atoms with Gasteiger partial charge < -0.3 is 9.64 Å². The standard InChI is InChI=1S/C18H23NO4/c1-18(2,3)23-17(22)19-9-7-14(8-10-19)16(21)15-6-4-5-13(11-15)12-20/h4-6,11-12,14H,7-10H2,1-3H3. The van der Waals surface area contributed by atoms with Crippen molar-refractivity contribution in [1.29, 1.82) is 0 Å². The van der Waals surface area contributed by atoms with Gasteiger partial charge in [0.2, 0.25) is 0 Å². The summed E-state index contributed by atoms with van der Waals surface area (Å²) in [7, 11) is 0. The lowest BCUT2D eigenvalue weighted by atomic mass is 9.88. The van der Waals surface area contributed by atoms with Gasteiger partial charge in [-0.3, -0.25) is 9.59 Å². The molecule has 1 saturated heterocycles. The lowest BCUT2D eigenvalue weighted by Crippen LogP contribution is -2.43. The zero-order chi connectivity index (χ0) is 17.0. The predicted molar refractivity (Wildman–Crippen MR) is 86.7 cm³/mol. The molecule has 0 spiro atoms. The van der Waals surface area contributed by atoms with Crippen molar-refractivity contribution in [1.82, 2.24) is 4.90 Å². The van der Waals surface area contributed by atoms with Crippen molar-refractivity contribution in [3.05, 3.63) is 35.4 Å². The van der Waals surface area contributed by atoms with Crippen LogP contribution in [-0.4, -0.2) is 41.8 Å². The van der Waals surface area contributed by atoms with Crippen molar-refractivity contribution in [2.24, 2.45) is 5.92 Å². The summed E-state index contributed by atoms with van der Waals surface area (Å²) < 4.78 is 5.35. The Kier molecular flexibility index (Phi) is 5.19. The van der Waals surface area contributed by atoms with Gasteiger partial charge >= 0.3 is 6.09 Å². The van der Waals surface area contributed by atoms with Gasteiger partial charge in [0.25, 0.3) is 0 Å². The summed E-state index contributed by atoms with van der Waals surface area (Å²) in [6.45, 7) is 6.53. The molecule has 1 aliphatic heterocycles. The normalized spacial score (nSPS) is 16.0. The summed E-state index contributed by atoms with van der Waals surface area (Å²) in [5.41, 5.74) is 0.548. The molecule has 1 fully saturated rings. The summed E-state index contributed by atoms with van der Waals surface area (Å²) in [4.78, 5) is 37.0. The summed E-state index contributed by atoms with van der Waals surface area (Å²) >= 11 is 0. The number of amides is 1. The van der Waals surface area contributed by atoms with Crippen molar-refractivity contribution < 1.29 is 19.1 Å². The number of hydrogen-bond acceptors (Lipinski definition) is 4. The summed E-state index contributed by atoms with van der Waals surface area (Å²) in [6, 6.07) is 6.74. The molecule has 0 aliphatic carbocycles. The second-order valence-electron chi connectivity index (χ2n) is 6.85. The highest BCUT2D eigenvalue weighted by Crippen LogP contribution is 2.23. The average Bonchev–Trinajstić information content (AvgIpc) is 2.53. The fourth-order valence-corrected chi connectivity index (χ4v) is 2.65. The van der Waals surface area contributed by atoms with Crippen LogP contribution in [0.2, 0.25) is 0 Å². The second kappa shape index (κ2) is 6.94. The molecule has 0 aromatic heterocycles. The highest BCUT2D eigenvalue weighted by atomic mass is 16.6. The summed E-state index contributed by atoms with van der Waals surface area (Å²) in [5, 5.41) is 0. The molecule has 0 unspecified atom stereocenters. The van der Waals surface area contributed by atoms with Crippen molar-refractivity contribution in [2.75, 3.05) is 13.1 Å². The minimum Gasteiger partial charge on any atom is -0.444 e. The van der Waals surface area contributed by atoms with Crippen LogP contribution in [0.3, 0.4) is 0 Å². The fourth-order valence-electron chi connectivity index (χ4n) is 2.65. The van der Waals surface area contributed by atoms with Crippen LogP contribution < -0.4 is 0 Å². The smallest absolute Gasteiger partial charge is 0.410 e. The van der Waals surface area contributed by atoms with E-state index in [1.54, 1.807) is 29.2 Å². The number of piperidine rings is 1. The number of aldehydes is 1. The van der Waals surface area contributed by atoms with E-state index in [0.717, 1.165) is 6.29 Å². The van der Waals surface area contributed by atoms with Gasteiger partial charge in [-0.2, -0.15) is 0 Å². The molecule has 0 atom stereocenters. The number of ether oxygens (including phenoxy) is 1. The predicted octanol–water partition coefficient (Wildman–Crippen LogP) is 3.33. The van der Waals surface area contributed by atoms with Gasteiger partial charge in [0.15, 0.2) is 5.78 Å². The van der Waals surface area contributed by atoms with Crippen LogP contribution in [0.15, 0.2) is 24.3 Å². The summed E-state index contributed by atoms with van der Waals surface area (Å²) in [5.74, 6) is -0.0758. The third kappa shape index (κ3) is 4.65. The molecule has 0 N–H and O–H groups in total. The first-order valence-corrected chi connectivity index (χ1v) is 7.87. The van der Waals surface area contributed by atoms with Crippen molar-refractivity contribution in [2.45, 2.75) is 39.2 Å². The lowest BCUT2D eigenvalue weighted by Gasteiger charge is -2.33. The molecule has 5 heteroatoms. The number of nitrogens with zero attached hydrogens (tertiary/aromatic N) is 1. The van der Waals surface area contributed by atoms with Crippen LogP contribution in [0, 0.1) is 5.92 Å². The second-order valence-corrected chi connectivity index (χ2v) is 6.85. The van der Waals surface area contributed by atoms with Crippen molar-refractivity contribution in [3.63, 3.8) is 0 Å². The van der Waals surface area contributed by atoms with Crippen LogP contribution >= 0.6 is 0 Å². The van der Waals surface area contributed by atoms with Crippen LogP contribution in [0.25, 0.3) is 0 Å². The third-order valence-corrected chi connectivity index (χ3v) is 3.82. The Morgan fingerprint density at radius 3 is 2.43 bits per heavy atom. The maximum atomic E-state index is 12.5. The van der Waals surface area contributed by atoms with Crippen LogP contribution in [0.1, 0.15) is 54.3 Å². The van der Waals surface area contributed by atoms with Gasteiger partial charge in [-0.05, 0) is 39.7 Å². The molecule has 0 bridgehead atoms. The minimum atomic E-state index is -0.515. The van der Waals surface area contributed by atoms with Gasteiger partial charge in [0, 0.05) is 30.1 Å². The SMILES string of the molecule is CC(C)(C)OC(=O)N1CCC(C(=O)c2cccc(C=O)c2)CC1. The Morgan fingerprint density at radius 1 is 1.22 bits per heavy atom. The zero-order valence-electron chi connectivity index (χ0n) is 13.9. The van der Waals surface area contributed by atoms with Gasteiger partial charge in [0.1, 0.15) is 11.9 Å². The number of likely N-dealkylation sites (tertiary alicyclic amines) is 1. The molecule has 5 nitrogen and oxygen atoms in total. The van der Waals surface area contributed by atoms with Gasteiger partial charge in [-0.25, -0.2) is 4.79 Å². The monoisotopic (exact) mass is 317 g/mol. The van der Waals surface area contributed by atoms with E-state index in [4.69, 9.17) is 4.74 Å². The highest BCUT2D eigenvalue weighted by Gasteiger charge is 2.30. The molecule has 23 heavy (non-hydrogen) atoms. The number of carbonyl (C=O) groups is 3. The molecular formula is C18H23NO4. The number of ketones is 1. The van der Waals surface area contributed by atoms with E-state index in [0.29, 0.717) is 37.1 Å². The van der Waals surface area contributed by atoms with Crippen LogP contribution in [-0.2, 0) is 4.74 Å². The van der Waals surface area contributed by atoms with E-state index in [-0.39, 0.29) is 17.8 Å². The molecule has 2 rings (SSSR count). The van der Waals surface area contributed by atoms with E-state index in [9.17, 15) is 14.4 Å². The molecule has 1 aliphatic rings. The van der Waals surface area contributed by atoms with Crippen LogP contribution in [0.4, 0.5) is 4.79 Å². The maximum absolute atomic E-state index is 12.5. The summed E-state index contributed by atoms with van der Waals surface area (Å²) in [6.07, 6.45) is 1.64. The van der Waals surface area contributed by atoms with Gasteiger partial charge in [0.05, 0.1) is 0 Å². The van der Waals surface area contributed by atoms with E-state index in [1.807, 2.05) is 20.8 Å². The Bertz CT molecular complexity index is 595. The lowest BCUT2D eigenvalue weighted by molar-refractivity contribution is 0.0182. The number of Topliss-reactive ketones (excluding diaryl/α,β-unsaturated/α-hetero) is 1. The molecular weight excluding hydrogens is 294 g/mol. The first-order valence-electron chi connectivity index (χ1n) is 7.87. The largest absolute Gasteiger partial charge is 0.444 e. The first-order chi connectivity index (χ1) is 10.8. The number of benzene rings is 1. The number of rotatable bonds is 3. The number of carbonyl (C=O) groups excluding carboxylic acids is 3. The molecule has 0 saturated carbocycles. The first kappa shape index (κ1) is 17.2. The number of hydrogen-bond donors (Lipinski definition) is 0. The topological polar surface area (TPSA) is 63.7 Å². The van der Waals surface area contributed by atoms with Crippen molar-refractivity contribution >= 4 is 18.2 Å². The highest BCUT2D eigenvalue weighted by molar-refractivity contribution is 5.99. The molecule has 0 radical (unpaired) electrons. The van der Waals surface area contributed by atoms with E-state index in [2.05, 4.69) is 0 Å². The Labute approximate surface area is 136 Å². The molecule has 1 aromatic carbocycles. The van der Waals surface area contributed by atoms with E-state index in [1.165, 1.54) is 0 Å². The minimum absolute atomic E-state index is 0.0394. The quantitative estimate of drug-likeness (QED) is 0.633. The average molecular weight is 317 g/mol. The Morgan fingerprint density at radius 2 is 1.87 bits per heavy atom. The van der Waals surface area contributed by atoms with E-state index < -0.39 is 5.60 Å². The molecule has 1 heterocycles. The molecule has 124 valence electrons. The third-order valence-electron chi connectivity index (χ3n) is 3.82. The van der Waals surface area contributed by atoms with Crippen molar-refractivity contribution in [3.8, 4) is 0 Å². The Hall–Kier alpha value is -2.17. The van der Waals surface area contributed by atoms with Gasteiger partial charge in [-0.1, -0.05) is 18.2 Å². The van der Waals surface area contributed by atoms with E-state index >= 15 is 0 Å². The maximum Gasteiger partial charge on any atom is 0.410 e. The molecule has 1 aromatic rings. The van der Waals surface area contributed by atoms with Gasteiger partial charge in [-0.15, -0.1) is 0 Å². The molecule has 1 amide bonds.